The van der Waals surface area contributed by atoms with Crippen molar-refractivity contribution in [2.24, 2.45) is 0 Å². The zero-order chi connectivity index (χ0) is 12.7. The first kappa shape index (κ1) is 12.9. The molecule has 0 fully saturated rings. The first-order chi connectivity index (χ1) is 8.17. The molecule has 5 heteroatoms. The third-order valence-electron chi connectivity index (χ3n) is 1.97. The average Bonchev–Trinajstić information content (AvgIpc) is 2.30. The van der Waals surface area contributed by atoms with Crippen molar-refractivity contribution in [2.75, 3.05) is 24.8 Å². The summed E-state index contributed by atoms with van der Waals surface area (Å²) in [6, 6.07) is 5.20. The van der Waals surface area contributed by atoms with Gasteiger partial charge >= 0.3 is 5.97 Å². The molecule has 1 aromatic carbocycles. The summed E-state index contributed by atoms with van der Waals surface area (Å²) in [4.78, 5) is 11.0. The first-order valence-corrected chi connectivity index (χ1v) is 5.20. The van der Waals surface area contributed by atoms with E-state index in [-0.39, 0.29) is 0 Å². The van der Waals surface area contributed by atoms with E-state index in [2.05, 4.69) is 5.32 Å². The first-order valence-electron chi connectivity index (χ1n) is 5.20. The number of nitrogens with two attached hydrogens (primary N) is 1. The highest BCUT2D eigenvalue weighted by Gasteiger charge is 2.01. The topological polar surface area (TPSA) is 73.6 Å². The molecule has 0 bridgehead atoms. The summed E-state index contributed by atoms with van der Waals surface area (Å²) < 4.78 is 9.88. The van der Waals surface area contributed by atoms with Crippen LogP contribution in [-0.2, 0) is 9.53 Å². The van der Waals surface area contributed by atoms with E-state index in [1.165, 1.54) is 12.3 Å². The van der Waals surface area contributed by atoms with Crippen molar-refractivity contribution in [1.29, 1.82) is 0 Å². The van der Waals surface area contributed by atoms with Gasteiger partial charge < -0.3 is 20.5 Å². The standard InChI is InChI=1S/C12H16N2O3/c1-3-17-12(15)6-7-14-10-8-9(13)4-5-11(10)16-2/h4-8,14H,3,13H2,1-2H3/b7-6-. The van der Waals surface area contributed by atoms with Crippen molar-refractivity contribution in [3.8, 4) is 5.75 Å². The molecule has 0 saturated carbocycles. The lowest BCUT2D eigenvalue weighted by Gasteiger charge is -2.08. The number of nitrogen functional groups attached to an aromatic ring is 1. The van der Waals surface area contributed by atoms with Gasteiger partial charge in [0.25, 0.3) is 0 Å². The van der Waals surface area contributed by atoms with Crippen molar-refractivity contribution in [2.45, 2.75) is 6.92 Å². The second kappa shape index (κ2) is 6.42. The van der Waals surface area contributed by atoms with Gasteiger partial charge in [-0.2, -0.15) is 0 Å². The van der Waals surface area contributed by atoms with Crippen LogP contribution in [0.15, 0.2) is 30.5 Å². The second-order valence-corrected chi connectivity index (χ2v) is 3.19. The predicted molar refractivity (Wildman–Crippen MR) is 66.8 cm³/mol. The fraction of sp³-hybridized carbons (Fsp3) is 0.250. The molecule has 0 aliphatic carbocycles. The number of nitrogens with one attached hydrogen (secondary N) is 1. The highest BCUT2D eigenvalue weighted by molar-refractivity contribution is 5.82. The Labute approximate surface area is 100 Å². The molecule has 92 valence electrons. The van der Waals surface area contributed by atoms with Crippen LogP contribution in [0, 0.1) is 0 Å². The minimum Gasteiger partial charge on any atom is -0.495 e. The zero-order valence-electron chi connectivity index (χ0n) is 9.90. The maximum absolute atomic E-state index is 11.0. The lowest BCUT2D eigenvalue weighted by Crippen LogP contribution is -2.01. The highest BCUT2D eigenvalue weighted by atomic mass is 16.5. The van der Waals surface area contributed by atoms with Crippen LogP contribution in [0.4, 0.5) is 11.4 Å². The van der Waals surface area contributed by atoms with Crippen LogP contribution in [0.5, 0.6) is 5.75 Å². The Morgan fingerprint density at radius 3 is 2.94 bits per heavy atom. The number of anilines is 2. The second-order valence-electron chi connectivity index (χ2n) is 3.19. The number of methoxy groups -OCH3 is 1. The lowest BCUT2D eigenvalue weighted by atomic mass is 10.2. The fourth-order valence-electron chi connectivity index (χ4n) is 1.23. The van der Waals surface area contributed by atoms with Crippen molar-refractivity contribution < 1.29 is 14.3 Å². The molecule has 0 heterocycles. The Morgan fingerprint density at radius 2 is 2.29 bits per heavy atom. The number of carbonyl (C=O) groups is 1. The fourth-order valence-corrected chi connectivity index (χ4v) is 1.23. The van der Waals surface area contributed by atoms with Crippen LogP contribution < -0.4 is 15.8 Å². The van der Waals surface area contributed by atoms with Gasteiger partial charge in [-0.3, -0.25) is 0 Å². The molecular weight excluding hydrogens is 220 g/mol. The molecule has 0 aromatic heterocycles. The highest BCUT2D eigenvalue weighted by Crippen LogP contribution is 2.26. The number of carbonyl (C=O) groups excluding carboxylic acids is 1. The zero-order valence-corrected chi connectivity index (χ0v) is 9.90. The summed E-state index contributed by atoms with van der Waals surface area (Å²) in [5.41, 5.74) is 6.95. The smallest absolute Gasteiger partial charge is 0.332 e. The van der Waals surface area contributed by atoms with Crippen LogP contribution in [0.25, 0.3) is 0 Å². The molecule has 0 aliphatic heterocycles. The van der Waals surface area contributed by atoms with E-state index in [1.807, 2.05) is 0 Å². The van der Waals surface area contributed by atoms with Crippen LogP contribution in [0.1, 0.15) is 6.92 Å². The van der Waals surface area contributed by atoms with Crippen molar-refractivity contribution in [3.63, 3.8) is 0 Å². The number of benzene rings is 1. The van der Waals surface area contributed by atoms with Gasteiger partial charge in [-0.25, -0.2) is 4.79 Å². The maximum Gasteiger partial charge on any atom is 0.332 e. The molecule has 0 radical (unpaired) electrons. The lowest BCUT2D eigenvalue weighted by molar-refractivity contribution is -0.137. The molecule has 0 spiro atoms. The molecular formula is C12H16N2O3. The molecule has 0 saturated heterocycles. The van der Waals surface area contributed by atoms with Gasteiger partial charge in [0, 0.05) is 18.0 Å². The van der Waals surface area contributed by atoms with Gasteiger partial charge in [0.1, 0.15) is 5.75 Å². The van der Waals surface area contributed by atoms with Crippen LogP contribution in [-0.4, -0.2) is 19.7 Å². The molecule has 0 unspecified atom stereocenters. The molecule has 3 N–H and O–H groups in total. The summed E-state index contributed by atoms with van der Waals surface area (Å²) in [5, 5.41) is 2.91. The monoisotopic (exact) mass is 236 g/mol. The molecule has 1 aromatic rings. The normalized spacial score (nSPS) is 10.2. The Balaban J connectivity index is 2.68. The number of hydrogen-bond acceptors (Lipinski definition) is 5. The maximum atomic E-state index is 11.0. The SMILES string of the molecule is CCOC(=O)/C=C\Nc1cc(N)ccc1OC. The summed E-state index contributed by atoms with van der Waals surface area (Å²) in [6.45, 7) is 2.10. The van der Waals surface area contributed by atoms with E-state index in [4.69, 9.17) is 15.2 Å². The quantitative estimate of drug-likeness (QED) is 0.463. The van der Waals surface area contributed by atoms with E-state index in [0.717, 1.165) is 0 Å². The molecule has 0 amide bonds. The average molecular weight is 236 g/mol. The van der Waals surface area contributed by atoms with Crippen molar-refractivity contribution >= 4 is 17.3 Å². The van der Waals surface area contributed by atoms with Gasteiger partial charge in [0.15, 0.2) is 0 Å². The number of esters is 1. The van der Waals surface area contributed by atoms with E-state index in [0.29, 0.717) is 23.7 Å². The Hall–Kier alpha value is -2.17. The van der Waals surface area contributed by atoms with Gasteiger partial charge in [-0.05, 0) is 25.1 Å². The number of ether oxygens (including phenoxy) is 2. The number of rotatable bonds is 5. The minimum atomic E-state index is -0.400. The summed E-state index contributed by atoms with van der Waals surface area (Å²) >= 11 is 0. The minimum absolute atomic E-state index is 0.352. The summed E-state index contributed by atoms with van der Waals surface area (Å²) in [6.07, 6.45) is 2.78. The molecule has 0 atom stereocenters. The van der Waals surface area contributed by atoms with Crippen LogP contribution in [0.2, 0.25) is 0 Å². The van der Waals surface area contributed by atoms with Gasteiger partial charge in [0.2, 0.25) is 0 Å². The van der Waals surface area contributed by atoms with Gasteiger partial charge in [-0.15, -0.1) is 0 Å². The third-order valence-corrected chi connectivity index (χ3v) is 1.97. The van der Waals surface area contributed by atoms with Crippen LogP contribution >= 0.6 is 0 Å². The van der Waals surface area contributed by atoms with E-state index in [1.54, 1.807) is 32.2 Å². The predicted octanol–water partition coefficient (Wildman–Crippen LogP) is 1.77. The van der Waals surface area contributed by atoms with Gasteiger partial charge in [-0.1, -0.05) is 0 Å². The number of hydrogen-bond donors (Lipinski definition) is 2. The summed E-state index contributed by atoms with van der Waals surface area (Å²) in [7, 11) is 1.56. The van der Waals surface area contributed by atoms with Crippen molar-refractivity contribution in [3.05, 3.63) is 30.5 Å². The Morgan fingerprint density at radius 1 is 1.53 bits per heavy atom. The molecule has 17 heavy (non-hydrogen) atoms. The molecule has 5 nitrogen and oxygen atoms in total. The Bertz CT molecular complexity index is 416. The molecule has 1 rings (SSSR count). The van der Waals surface area contributed by atoms with Crippen LogP contribution in [0.3, 0.4) is 0 Å². The van der Waals surface area contributed by atoms with E-state index in [9.17, 15) is 4.79 Å². The largest absolute Gasteiger partial charge is 0.495 e. The summed E-state index contributed by atoms with van der Waals surface area (Å²) in [5.74, 6) is 0.246. The van der Waals surface area contributed by atoms with Gasteiger partial charge in [0.05, 0.1) is 19.4 Å². The third kappa shape index (κ3) is 4.06. The van der Waals surface area contributed by atoms with Crippen molar-refractivity contribution in [1.82, 2.24) is 0 Å². The van der Waals surface area contributed by atoms with E-state index < -0.39 is 5.97 Å². The Kier molecular flexibility index (Phi) is 4.87. The van der Waals surface area contributed by atoms with E-state index >= 15 is 0 Å². The molecule has 0 aliphatic rings.